The fraction of sp³-hybridized carbons (Fsp3) is 0.333. The lowest BCUT2D eigenvalue weighted by molar-refractivity contribution is -0.206. The highest BCUT2D eigenvalue weighted by Crippen LogP contribution is 2.31. The van der Waals surface area contributed by atoms with E-state index in [1.165, 1.54) is 24.3 Å². The maximum atomic E-state index is 11.9. The van der Waals surface area contributed by atoms with Gasteiger partial charge in [0.25, 0.3) is 0 Å². The van der Waals surface area contributed by atoms with Crippen LogP contribution in [0.5, 0.6) is 0 Å². The Labute approximate surface area is 87.3 Å². The van der Waals surface area contributed by atoms with Gasteiger partial charge >= 0.3 is 12.9 Å². The summed E-state index contributed by atoms with van der Waals surface area (Å²) in [5, 5.41) is 8.73. The van der Waals surface area contributed by atoms with Crippen LogP contribution in [0.25, 0.3) is 0 Å². The molecule has 1 unspecified atom stereocenters. The number of rotatable bonds is 1. The van der Waals surface area contributed by atoms with E-state index in [1.54, 1.807) is 6.07 Å². The maximum absolute atomic E-state index is 11.9. The van der Waals surface area contributed by atoms with E-state index in [1.807, 2.05) is 0 Å². The van der Waals surface area contributed by atoms with Crippen molar-refractivity contribution in [2.24, 2.45) is 0 Å². The predicted octanol–water partition coefficient (Wildman–Crippen LogP) is 3.46. The van der Waals surface area contributed by atoms with Crippen molar-refractivity contribution >= 4 is 0 Å². The predicted molar refractivity (Wildman–Crippen MR) is 44.6 cm³/mol. The van der Waals surface area contributed by atoms with Gasteiger partial charge in [0.15, 0.2) is 6.10 Å². The van der Waals surface area contributed by atoms with Gasteiger partial charge in [-0.15, -0.1) is 0 Å². The lowest BCUT2D eigenvalue weighted by atomic mass is 10.1. The van der Waals surface area contributed by atoms with E-state index in [0.29, 0.717) is 0 Å². The molecule has 0 spiro atoms. The molecule has 0 amide bonds. The third kappa shape index (κ3) is 6.28. The minimum atomic E-state index is -4.58. The van der Waals surface area contributed by atoms with E-state index in [0.717, 1.165) is 0 Å². The van der Waals surface area contributed by atoms with Crippen LogP contribution in [0.3, 0.4) is 0 Å². The van der Waals surface area contributed by atoms with Gasteiger partial charge in [0.1, 0.15) is 0 Å². The topological polar surface area (TPSA) is 20.2 Å². The molecular formula is C9H8F6O. The van der Waals surface area contributed by atoms with Gasteiger partial charge in [0, 0.05) is 0 Å². The molecule has 0 saturated carbocycles. The molecule has 0 aliphatic heterocycles. The van der Waals surface area contributed by atoms with Crippen molar-refractivity contribution in [3.63, 3.8) is 0 Å². The van der Waals surface area contributed by atoms with E-state index < -0.39 is 19.0 Å². The largest absolute Gasteiger partial charge is 0.418 e. The van der Waals surface area contributed by atoms with Crippen LogP contribution >= 0.6 is 0 Å². The van der Waals surface area contributed by atoms with E-state index in [9.17, 15) is 26.3 Å². The number of hydrogen-bond donors (Lipinski definition) is 1. The Hall–Kier alpha value is -1.24. The van der Waals surface area contributed by atoms with Crippen molar-refractivity contribution < 1.29 is 31.4 Å². The molecule has 0 aliphatic rings. The van der Waals surface area contributed by atoms with E-state index in [-0.39, 0.29) is 5.56 Å². The summed E-state index contributed by atoms with van der Waals surface area (Å²) in [6.45, 7) is -3.67. The number of hydrogen-bond acceptors (Lipinski definition) is 1. The number of aliphatic hydroxyl groups is 1. The Bertz CT molecular complexity index is 281. The van der Waals surface area contributed by atoms with Gasteiger partial charge in [-0.3, -0.25) is 0 Å². The molecular weight excluding hydrogens is 238 g/mol. The standard InChI is InChI=1S/C8H7F3O.CHF3/c9-8(10,11)7(12)6-4-2-1-3-5-6;2-1(3)4/h1-5,7,12H;1H. The fourth-order valence-corrected chi connectivity index (χ4v) is 0.824. The number of alkyl halides is 6. The van der Waals surface area contributed by atoms with Crippen LogP contribution in [0, 0.1) is 0 Å². The van der Waals surface area contributed by atoms with E-state index in [2.05, 4.69) is 0 Å². The first-order chi connectivity index (χ1) is 7.25. The monoisotopic (exact) mass is 246 g/mol. The maximum Gasteiger partial charge on any atom is 0.418 e. The molecule has 0 radical (unpaired) electrons. The summed E-state index contributed by atoms with van der Waals surface area (Å²) >= 11 is 0. The number of benzene rings is 1. The van der Waals surface area contributed by atoms with Crippen molar-refractivity contribution in [2.45, 2.75) is 19.0 Å². The zero-order valence-electron chi connectivity index (χ0n) is 7.76. The third-order valence-electron chi connectivity index (χ3n) is 1.43. The molecule has 0 aromatic heterocycles. The van der Waals surface area contributed by atoms with Gasteiger partial charge in [-0.1, -0.05) is 30.3 Å². The molecule has 16 heavy (non-hydrogen) atoms. The first kappa shape index (κ1) is 14.8. The average molecular weight is 246 g/mol. The van der Waals surface area contributed by atoms with Crippen LogP contribution < -0.4 is 0 Å². The van der Waals surface area contributed by atoms with Gasteiger partial charge in [-0.2, -0.15) is 26.3 Å². The minimum Gasteiger partial charge on any atom is -0.379 e. The van der Waals surface area contributed by atoms with Crippen molar-refractivity contribution in [3.05, 3.63) is 35.9 Å². The SMILES string of the molecule is FC(F)F.OC(c1ccccc1)C(F)(F)F. The highest BCUT2D eigenvalue weighted by atomic mass is 19.4. The molecule has 0 bridgehead atoms. The second kappa shape index (κ2) is 6.37. The molecule has 1 N–H and O–H groups in total. The molecule has 1 aromatic rings. The Kier molecular flexibility index (Phi) is 5.87. The molecule has 0 saturated heterocycles. The smallest absolute Gasteiger partial charge is 0.379 e. The Morgan fingerprint density at radius 2 is 1.31 bits per heavy atom. The molecule has 1 atom stereocenters. The minimum absolute atomic E-state index is 0.134. The lowest BCUT2D eigenvalue weighted by Gasteiger charge is -2.13. The first-order valence-corrected chi connectivity index (χ1v) is 3.97. The van der Waals surface area contributed by atoms with E-state index >= 15 is 0 Å². The van der Waals surface area contributed by atoms with Gasteiger partial charge in [0.2, 0.25) is 0 Å². The summed E-state index contributed by atoms with van der Waals surface area (Å²) in [6.07, 6.45) is -6.96. The lowest BCUT2D eigenvalue weighted by Crippen LogP contribution is -2.19. The zero-order valence-corrected chi connectivity index (χ0v) is 7.76. The molecule has 92 valence electrons. The highest BCUT2D eigenvalue weighted by molar-refractivity contribution is 5.18. The van der Waals surface area contributed by atoms with Gasteiger partial charge < -0.3 is 5.11 Å². The summed E-state index contributed by atoms with van der Waals surface area (Å²) in [5.41, 5.74) is -0.134. The van der Waals surface area contributed by atoms with E-state index in [4.69, 9.17) is 5.11 Å². The van der Waals surface area contributed by atoms with Crippen molar-refractivity contribution in [3.8, 4) is 0 Å². The van der Waals surface area contributed by atoms with Crippen molar-refractivity contribution in [1.82, 2.24) is 0 Å². The molecule has 0 fully saturated rings. The Balaban J connectivity index is 0.000000487. The van der Waals surface area contributed by atoms with Gasteiger partial charge in [0.05, 0.1) is 0 Å². The number of aliphatic hydroxyl groups excluding tert-OH is 1. The first-order valence-electron chi connectivity index (χ1n) is 3.97. The summed E-state index contributed by atoms with van der Waals surface area (Å²) in [5.74, 6) is 0. The Morgan fingerprint density at radius 1 is 0.938 bits per heavy atom. The van der Waals surface area contributed by atoms with Crippen LogP contribution in [0.4, 0.5) is 26.3 Å². The Morgan fingerprint density at radius 3 is 1.62 bits per heavy atom. The molecule has 7 heteroatoms. The molecule has 1 nitrogen and oxygen atoms in total. The quantitative estimate of drug-likeness (QED) is 0.752. The van der Waals surface area contributed by atoms with Crippen LogP contribution in [0.15, 0.2) is 30.3 Å². The molecule has 0 aliphatic carbocycles. The summed E-state index contributed by atoms with van der Waals surface area (Å²) < 4.78 is 64.7. The van der Waals surface area contributed by atoms with Gasteiger partial charge in [-0.05, 0) is 5.56 Å². The number of halogens is 6. The zero-order chi connectivity index (χ0) is 12.8. The summed E-state index contributed by atoms with van der Waals surface area (Å²) in [7, 11) is 0. The second-order valence-electron chi connectivity index (χ2n) is 2.60. The van der Waals surface area contributed by atoms with Crippen LogP contribution in [0.1, 0.15) is 11.7 Å². The fourth-order valence-electron chi connectivity index (χ4n) is 0.824. The van der Waals surface area contributed by atoms with Crippen LogP contribution in [-0.4, -0.2) is 18.0 Å². The summed E-state index contributed by atoms with van der Waals surface area (Å²) in [4.78, 5) is 0. The van der Waals surface area contributed by atoms with Gasteiger partial charge in [-0.25, -0.2) is 0 Å². The second-order valence-corrected chi connectivity index (χ2v) is 2.60. The van der Waals surface area contributed by atoms with Crippen LogP contribution in [0.2, 0.25) is 0 Å². The molecule has 1 rings (SSSR count). The third-order valence-corrected chi connectivity index (χ3v) is 1.43. The molecule has 1 aromatic carbocycles. The summed E-state index contributed by atoms with van der Waals surface area (Å²) in [6, 6.07) is 6.96. The van der Waals surface area contributed by atoms with Crippen molar-refractivity contribution in [2.75, 3.05) is 0 Å². The molecule has 0 heterocycles. The average Bonchev–Trinajstić information content (AvgIpc) is 2.16. The van der Waals surface area contributed by atoms with Crippen molar-refractivity contribution in [1.29, 1.82) is 0 Å². The normalized spacial score (nSPS) is 13.0. The van der Waals surface area contributed by atoms with Crippen LogP contribution in [-0.2, 0) is 0 Å². The highest BCUT2D eigenvalue weighted by Gasteiger charge is 2.39.